The van der Waals surface area contributed by atoms with E-state index < -0.39 is 0 Å². The first-order chi connectivity index (χ1) is 12.6. The van der Waals surface area contributed by atoms with Crippen LogP contribution in [0, 0.1) is 11.7 Å². The van der Waals surface area contributed by atoms with Crippen molar-refractivity contribution in [3.63, 3.8) is 0 Å². The van der Waals surface area contributed by atoms with E-state index in [9.17, 15) is 14.3 Å². The molecule has 5 nitrogen and oxygen atoms in total. The van der Waals surface area contributed by atoms with Crippen LogP contribution in [0.5, 0.6) is 5.88 Å². The highest BCUT2D eigenvalue weighted by Crippen LogP contribution is 2.38. The Labute approximate surface area is 152 Å². The van der Waals surface area contributed by atoms with Gasteiger partial charge in [0.05, 0.1) is 19.3 Å². The van der Waals surface area contributed by atoms with Crippen molar-refractivity contribution >= 4 is 5.91 Å². The number of methoxy groups -OCH3 is 1. The second-order valence-electron chi connectivity index (χ2n) is 6.66. The maximum atomic E-state index is 13.7. The van der Waals surface area contributed by atoms with Crippen LogP contribution in [0.2, 0.25) is 0 Å². The Balaban J connectivity index is 1.65. The molecule has 1 aromatic heterocycles. The third kappa shape index (κ3) is 4.38. The molecule has 0 bridgehead atoms. The van der Waals surface area contributed by atoms with Gasteiger partial charge in [0.2, 0.25) is 11.8 Å². The maximum absolute atomic E-state index is 13.7. The van der Waals surface area contributed by atoms with Crippen LogP contribution in [-0.2, 0) is 11.2 Å². The number of halogens is 1. The van der Waals surface area contributed by atoms with E-state index >= 15 is 0 Å². The first kappa shape index (κ1) is 18.3. The number of nitrogens with zero attached hydrogens (tertiary/aromatic N) is 1. The van der Waals surface area contributed by atoms with E-state index in [4.69, 9.17) is 4.74 Å². The zero-order valence-electron chi connectivity index (χ0n) is 14.7. The van der Waals surface area contributed by atoms with Crippen LogP contribution in [0.15, 0.2) is 42.6 Å². The van der Waals surface area contributed by atoms with Crippen LogP contribution in [0.4, 0.5) is 4.39 Å². The van der Waals surface area contributed by atoms with Crippen LogP contribution in [-0.4, -0.2) is 29.2 Å². The van der Waals surface area contributed by atoms with Gasteiger partial charge in [0.1, 0.15) is 5.82 Å². The monoisotopic (exact) mass is 358 g/mol. The number of carbonyl (C=O) groups excluding carboxylic acids is 1. The topological polar surface area (TPSA) is 71.5 Å². The van der Waals surface area contributed by atoms with E-state index in [0.717, 1.165) is 5.56 Å². The molecule has 2 aromatic rings. The minimum atomic E-state index is -0.316. The first-order valence-corrected chi connectivity index (χ1v) is 8.77. The fourth-order valence-electron chi connectivity index (χ4n) is 3.27. The molecule has 1 fully saturated rings. The molecular formula is C20H23FN2O3. The number of benzene rings is 1. The molecule has 0 aliphatic heterocycles. The van der Waals surface area contributed by atoms with E-state index in [1.54, 1.807) is 37.6 Å². The van der Waals surface area contributed by atoms with Gasteiger partial charge < -0.3 is 15.2 Å². The van der Waals surface area contributed by atoms with Gasteiger partial charge in [0.15, 0.2) is 0 Å². The third-order valence-electron chi connectivity index (χ3n) is 4.84. The predicted octanol–water partition coefficient (Wildman–Crippen LogP) is 2.79. The van der Waals surface area contributed by atoms with Crippen molar-refractivity contribution in [1.82, 2.24) is 10.3 Å². The van der Waals surface area contributed by atoms with Crippen molar-refractivity contribution in [1.29, 1.82) is 0 Å². The minimum Gasteiger partial charge on any atom is -0.481 e. The summed E-state index contributed by atoms with van der Waals surface area (Å²) in [5.41, 5.74) is 1.41. The van der Waals surface area contributed by atoms with E-state index in [0.29, 0.717) is 30.7 Å². The SMILES string of the molecule is COc1ccc([C@@H](NC(=O)CCc2ccccc2F)C2CC(O)C2)cn1. The molecule has 138 valence electrons. The first-order valence-electron chi connectivity index (χ1n) is 8.77. The molecule has 3 rings (SSSR count). The largest absolute Gasteiger partial charge is 0.481 e. The predicted molar refractivity (Wildman–Crippen MR) is 95.1 cm³/mol. The molecule has 26 heavy (non-hydrogen) atoms. The summed E-state index contributed by atoms with van der Waals surface area (Å²) in [6.45, 7) is 0. The second-order valence-corrected chi connectivity index (χ2v) is 6.66. The van der Waals surface area contributed by atoms with Gasteiger partial charge >= 0.3 is 0 Å². The summed E-state index contributed by atoms with van der Waals surface area (Å²) in [5, 5.41) is 12.7. The molecule has 1 aliphatic carbocycles. The summed E-state index contributed by atoms with van der Waals surface area (Å²) in [6.07, 6.45) is 3.21. The van der Waals surface area contributed by atoms with Gasteiger partial charge in [-0.15, -0.1) is 0 Å². The zero-order valence-corrected chi connectivity index (χ0v) is 14.7. The number of carbonyl (C=O) groups is 1. The minimum absolute atomic E-state index is 0.143. The molecule has 1 amide bonds. The molecule has 0 spiro atoms. The number of amides is 1. The third-order valence-corrected chi connectivity index (χ3v) is 4.84. The molecule has 6 heteroatoms. The molecule has 0 saturated heterocycles. The molecule has 2 N–H and O–H groups in total. The van der Waals surface area contributed by atoms with E-state index in [-0.39, 0.29) is 36.2 Å². The summed E-state index contributed by atoms with van der Waals surface area (Å²) >= 11 is 0. The lowest BCUT2D eigenvalue weighted by Crippen LogP contribution is -2.41. The maximum Gasteiger partial charge on any atom is 0.220 e. The smallest absolute Gasteiger partial charge is 0.220 e. The number of ether oxygens (including phenoxy) is 1. The highest BCUT2D eigenvalue weighted by Gasteiger charge is 2.35. The summed E-state index contributed by atoms with van der Waals surface area (Å²) in [5.74, 6) is 0.235. The van der Waals surface area contributed by atoms with Crippen LogP contribution < -0.4 is 10.1 Å². The van der Waals surface area contributed by atoms with Gasteiger partial charge in [0.25, 0.3) is 0 Å². The van der Waals surface area contributed by atoms with Crippen LogP contribution >= 0.6 is 0 Å². The van der Waals surface area contributed by atoms with Gasteiger partial charge in [0, 0.05) is 18.7 Å². The highest BCUT2D eigenvalue weighted by atomic mass is 19.1. The molecule has 1 aromatic carbocycles. The standard InChI is InChI=1S/C20H23FN2O3/c1-26-19-9-7-14(12-22-19)20(15-10-16(24)11-15)23-18(25)8-6-13-4-2-3-5-17(13)21/h2-5,7,9,12,15-16,20,24H,6,8,10-11H2,1H3,(H,23,25)/t15?,16?,20-/m1/s1. The number of aryl methyl sites for hydroxylation is 1. The van der Waals surface area contributed by atoms with Crippen LogP contribution in [0.3, 0.4) is 0 Å². The van der Waals surface area contributed by atoms with Crippen molar-refractivity contribution in [2.75, 3.05) is 7.11 Å². The fraction of sp³-hybridized carbons (Fsp3) is 0.400. The molecule has 1 aliphatic rings. The number of hydrogen-bond donors (Lipinski definition) is 2. The average molecular weight is 358 g/mol. The lowest BCUT2D eigenvalue weighted by atomic mass is 9.75. The molecule has 1 heterocycles. The molecule has 0 unspecified atom stereocenters. The van der Waals surface area contributed by atoms with Crippen molar-refractivity contribution in [3.05, 3.63) is 59.5 Å². The Kier molecular flexibility index (Phi) is 5.83. The van der Waals surface area contributed by atoms with Crippen LogP contribution in [0.1, 0.15) is 36.4 Å². The highest BCUT2D eigenvalue weighted by molar-refractivity contribution is 5.76. The lowest BCUT2D eigenvalue weighted by Gasteiger charge is -2.38. The van der Waals surface area contributed by atoms with E-state index in [1.165, 1.54) is 6.07 Å². The number of hydrogen-bond acceptors (Lipinski definition) is 4. The summed E-state index contributed by atoms with van der Waals surface area (Å²) in [4.78, 5) is 16.6. The van der Waals surface area contributed by atoms with Gasteiger partial charge in [-0.05, 0) is 42.4 Å². The van der Waals surface area contributed by atoms with E-state index in [2.05, 4.69) is 10.3 Å². The lowest BCUT2D eigenvalue weighted by molar-refractivity contribution is -0.123. The average Bonchev–Trinajstić information content (AvgIpc) is 2.63. The Morgan fingerprint density at radius 2 is 2.12 bits per heavy atom. The Bertz CT molecular complexity index is 745. The van der Waals surface area contributed by atoms with Crippen LogP contribution in [0.25, 0.3) is 0 Å². The van der Waals surface area contributed by atoms with Crippen molar-refractivity contribution in [2.24, 2.45) is 5.92 Å². The Morgan fingerprint density at radius 1 is 1.35 bits per heavy atom. The number of pyridine rings is 1. The Hall–Kier alpha value is -2.47. The zero-order chi connectivity index (χ0) is 18.5. The summed E-state index contributed by atoms with van der Waals surface area (Å²) in [6, 6.07) is 9.89. The number of aliphatic hydroxyl groups is 1. The molecular weight excluding hydrogens is 335 g/mol. The van der Waals surface area contributed by atoms with E-state index in [1.807, 2.05) is 6.07 Å². The van der Waals surface area contributed by atoms with Gasteiger partial charge in [-0.1, -0.05) is 24.3 Å². The van der Waals surface area contributed by atoms with Gasteiger partial charge in [-0.3, -0.25) is 4.79 Å². The molecule has 0 radical (unpaired) electrons. The van der Waals surface area contributed by atoms with Crippen molar-refractivity contribution < 1.29 is 19.0 Å². The van der Waals surface area contributed by atoms with Crippen molar-refractivity contribution in [2.45, 2.75) is 37.8 Å². The number of aliphatic hydroxyl groups excluding tert-OH is 1. The van der Waals surface area contributed by atoms with Crippen molar-refractivity contribution in [3.8, 4) is 5.88 Å². The molecule has 1 atom stereocenters. The fourth-order valence-corrected chi connectivity index (χ4v) is 3.27. The number of rotatable bonds is 7. The van der Waals surface area contributed by atoms with Gasteiger partial charge in [-0.25, -0.2) is 9.37 Å². The Morgan fingerprint density at radius 3 is 2.73 bits per heavy atom. The molecule has 1 saturated carbocycles. The van der Waals surface area contributed by atoms with Gasteiger partial charge in [-0.2, -0.15) is 0 Å². The normalized spacial score (nSPS) is 20.1. The quantitative estimate of drug-likeness (QED) is 0.798. The summed E-state index contributed by atoms with van der Waals surface area (Å²) in [7, 11) is 1.55. The second kappa shape index (κ2) is 8.27. The number of aromatic nitrogens is 1. The number of nitrogens with one attached hydrogen (secondary N) is 1. The summed E-state index contributed by atoms with van der Waals surface area (Å²) < 4.78 is 18.8.